The van der Waals surface area contributed by atoms with Gasteiger partial charge >= 0.3 is 0 Å². The third kappa shape index (κ3) is 3.65. The highest BCUT2D eigenvalue weighted by atomic mass is 35.5. The van der Waals surface area contributed by atoms with E-state index in [2.05, 4.69) is 10.5 Å². The topological polar surface area (TPSA) is 41.5 Å². The SMILES string of the molecule is C/C(=N\NC(=O)c1cccc(Cl)c1)c1cccc(F)c1. The van der Waals surface area contributed by atoms with E-state index in [0.717, 1.165) is 0 Å². The first-order valence-electron chi connectivity index (χ1n) is 5.92. The number of benzene rings is 2. The van der Waals surface area contributed by atoms with Crippen molar-refractivity contribution in [1.82, 2.24) is 5.43 Å². The number of halogens is 2. The zero-order valence-electron chi connectivity index (χ0n) is 10.7. The third-order valence-corrected chi connectivity index (χ3v) is 2.89. The normalized spacial score (nSPS) is 11.2. The average Bonchev–Trinajstić information content (AvgIpc) is 2.44. The number of amides is 1. The summed E-state index contributed by atoms with van der Waals surface area (Å²) in [6, 6.07) is 12.5. The van der Waals surface area contributed by atoms with Crippen molar-refractivity contribution < 1.29 is 9.18 Å². The van der Waals surface area contributed by atoms with Crippen molar-refractivity contribution in [3.63, 3.8) is 0 Å². The third-order valence-electron chi connectivity index (χ3n) is 2.65. The van der Waals surface area contributed by atoms with Crippen molar-refractivity contribution in [3.05, 3.63) is 70.5 Å². The van der Waals surface area contributed by atoms with Gasteiger partial charge in [0.15, 0.2) is 0 Å². The Morgan fingerprint density at radius 2 is 1.85 bits per heavy atom. The maximum Gasteiger partial charge on any atom is 0.271 e. The molecule has 0 saturated heterocycles. The maximum atomic E-state index is 13.1. The number of carbonyl (C=O) groups excluding carboxylic acids is 1. The molecule has 2 rings (SSSR count). The maximum absolute atomic E-state index is 13.1. The number of rotatable bonds is 3. The summed E-state index contributed by atoms with van der Waals surface area (Å²) < 4.78 is 13.1. The minimum Gasteiger partial charge on any atom is -0.267 e. The first-order valence-corrected chi connectivity index (χ1v) is 6.30. The predicted molar refractivity (Wildman–Crippen MR) is 77.5 cm³/mol. The van der Waals surface area contributed by atoms with Crippen LogP contribution in [0.1, 0.15) is 22.8 Å². The van der Waals surface area contributed by atoms with E-state index in [9.17, 15) is 9.18 Å². The van der Waals surface area contributed by atoms with Crippen LogP contribution in [0.3, 0.4) is 0 Å². The second kappa shape index (κ2) is 6.30. The van der Waals surface area contributed by atoms with E-state index in [1.165, 1.54) is 12.1 Å². The number of hydrazone groups is 1. The summed E-state index contributed by atoms with van der Waals surface area (Å²) in [4.78, 5) is 11.8. The molecule has 0 spiro atoms. The van der Waals surface area contributed by atoms with Gasteiger partial charge in [0.2, 0.25) is 0 Å². The van der Waals surface area contributed by atoms with E-state index < -0.39 is 0 Å². The molecular weight excluding hydrogens is 279 g/mol. The van der Waals surface area contributed by atoms with Gasteiger partial charge in [-0.3, -0.25) is 4.79 Å². The van der Waals surface area contributed by atoms with Crippen LogP contribution in [0.5, 0.6) is 0 Å². The molecule has 3 nitrogen and oxygen atoms in total. The lowest BCUT2D eigenvalue weighted by atomic mass is 10.1. The molecule has 0 saturated carbocycles. The highest BCUT2D eigenvalue weighted by molar-refractivity contribution is 6.30. The van der Waals surface area contributed by atoms with Gasteiger partial charge in [-0.15, -0.1) is 0 Å². The zero-order valence-corrected chi connectivity index (χ0v) is 11.5. The molecule has 0 bridgehead atoms. The predicted octanol–water partition coefficient (Wildman–Crippen LogP) is 3.63. The van der Waals surface area contributed by atoms with Gasteiger partial charge in [-0.25, -0.2) is 9.82 Å². The van der Waals surface area contributed by atoms with Gasteiger partial charge in [-0.2, -0.15) is 5.10 Å². The summed E-state index contributed by atoms with van der Waals surface area (Å²) in [5, 5.41) is 4.42. The Bertz CT molecular complexity index is 670. The fourth-order valence-electron chi connectivity index (χ4n) is 1.61. The molecule has 0 heterocycles. The summed E-state index contributed by atoms with van der Waals surface area (Å²) >= 11 is 5.81. The second-order valence-corrected chi connectivity index (χ2v) is 4.60. The van der Waals surface area contributed by atoms with E-state index in [1.54, 1.807) is 43.3 Å². The Morgan fingerprint density at radius 1 is 1.15 bits per heavy atom. The molecule has 0 radical (unpaired) electrons. The molecule has 5 heteroatoms. The van der Waals surface area contributed by atoms with Crippen LogP contribution < -0.4 is 5.43 Å². The highest BCUT2D eigenvalue weighted by Gasteiger charge is 2.05. The number of hydrogen-bond acceptors (Lipinski definition) is 2. The highest BCUT2D eigenvalue weighted by Crippen LogP contribution is 2.10. The fraction of sp³-hybridized carbons (Fsp3) is 0.0667. The minimum absolute atomic E-state index is 0.349. The lowest BCUT2D eigenvalue weighted by Crippen LogP contribution is -2.19. The van der Waals surface area contributed by atoms with Crippen molar-refractivity contribution in [2.24, 2.45) is 5.10 Å². The zero-order chi connectivity index (χ0) is 14.5. The van der Waals surface area contributed by atoms with E-state index in [-0.39, 0.29) is 11.7 Å². The van der Waals surface area contributed by atoms with Gasteiger partial charge in [0.05, 0.1) is 5.71 Å². The molecular formula is C15H12ClFN2O. The van der Waals surface area contributed by atoms with Gasteiger partial charge in [0.25, 0.3) is 5.91 Å². The fourth-order valence-corrected chi connectivity index (χ4v) is 1.80. The largest absolute Gasteiger partial charge is 0.271 e. The number of hydrogen-bond donors (Lipinski definition) is 1. The quantitative estimate of drug-likeness (QED) is 0.680. The van der Waals surface area contributed by atoms with Crippen LogP contribution in [0.25, 0.3) is 0 Å². The number of nitrogens with zero attached hydrogens (tertiary/aromatic N) is 1. The smallest absolute Gasteiger partial charge is 0.267 e. The van der Waals surface area contributed by atoms with Crippen LogP contribution in [0.15, 0.2) is 53.6 Å². The lowest BCUT2D eigenvalue weighted by molar-refractivity contribution is 0.0955. The molecule has 1 N–H and O–H groups in total. The van der Waals surface area contributed by atoms with Crippen LogP contribution in [-0.4, -0.2) is 11.6 Å². The Hall–Kier alpha value is -2.20. The number of carbonyl (C=O) groups is 1. The van der Waals surface area contributed by atoms with Crippen LogP contribution in [0.4, 0.5) is 4.39 Å². The molecule has 2 aromatic carbocycles. The molecule has 0 aromatic heterocycles. The van der Waals surface area contributed by atoms with Crippen molar-refractivity contribution in [1.29, 1.82) is 0 Å². The molecule has 0 aliphatic heterocycles. The van der Waals surface area contributed by atoms with Crippen molar-refractivity contribution in [2.45, 2.75) is 6.92 Å². The van der Waals surface area contributed by atoms with Gasteiger partial charge in [-0.05, 0) is 37.3 Å². The van der Waals surface area contributed by atoms with E-state index in [0.29, 0.717) is 21.9 Å². The molecule has 0 aliphatic rings. The molecule has 0 fully saturated rings. The molecule has 1 amide bonds. The lowest BCUT2D eigenvalue weighted by Gasteiger charge is -2.03. The van der Waals surface area contributed by atoms with E-state index in [4.69, 9.17) is 11.6 Å². The van der Waals surface area contributed by atoms with Crippen LogP contribution >= 0.6 is 11.6 Å². The molecule has 0 unspecified atom stereocenters. The first-order chi connectivity index (χ1) is 9.56. The Kier molecular flexibility index (Phi) is 4.48. The summed E-state index contributed by atoms with van der Waals surface area (Å²) in [6.07, 6.45) is 0. The van der Waals surface area contributed by atoms with Gasteiger partial charge < -0.3 is 0 Å². The van der Waals surface area contributed by atoms with Crippen LogP contribution in [0, 0.1) is 5.82 Å². The molecule has 102 valence electrons. The number of nitrogens with one attached hydrogen (secondary N) is 1. The van der Waals surface area contributed by atoms with Gasteiger partial charge in [0.1, 0.15) is 5.82 Å². The van der Waals surface area contributed by atoms with Gasteiger partial charge in [0, 0.05) is 16.1 Å². The summed E-state index contributed by atoms with van der Waals surface area (Å²) in [7, 11) is 0. The Labute approximate surface area is 121 Å². The van der Waals surface area contributed by atoms with Gasteiger partial charge in [-0.1, -0.05) is 29.8 Å². The van der Waals surface area contributed by atoms with Crippen LogP contribution in [-0.2, 0) is 0 Å². The summed E-state index contributed by atoms with van der Waals surface area (Å²) in [6.45, 7) is 1.69. The Morgan fingerprint density at radius 3 is 2.55 bits per heavy atom. The summed E-state index contributed by atoms with van der Waals surface area (Å²) in [5.74, 6) is -0.721. The van der Waals surface area contributed by atoms with Crippen LogP contribution in [0.2, 0.25) is 5.02 Å². The van der Waals surface area contributed by atoms with Crippen molar-refractivity contribution >= 4 is 23.2 Å². The van der Waals surface area contributed by atoms with E-state index in [1.807, 2.05) is 0 Å². The molecule has 0 aliphatic carbocycles. The van der Waals surface area contributed by atoms with E-state index >= 15 is 0 Å². The molecule has 20 heavy (non-hydrogen) atoms. The summed E-state index contributed by atoms with van der Waals surface area (Å²) in [5.41, 5.74) is 3.94. The van der Waals surface area contributed by atoms with Crippen molar-refractivity contribution in [2.75, 3.05) is 0 Å². The first kappa shape index (κ1) is 14.2. The Balaban J connectivity index is 2.11. The second-order valence-electron chi connectivity index (χ2n) is 4.16. The average molecular weight is 291 g/mol. The van der Waals surface area contributed by atoms with Crippen molar-refractivity contribution in [3.8, 4) is 0 Å². The monoisotopic (exact) mass is 290 g/mol. The molecule has 2 aromatic rings. The minimum atomic E-state index is -0.372. The molecule has 0 atom stereocenters. The standard InChI is InChI=1S/C15H12ClFN2O/c1-10(11-4-3-7-14(17)9-11)18-19-15(20)12-5-2-6-13(16)8-12/h2-9H,1H3,(H,19,20)/b18-10+.